The molecule has 0 aromatic carbocycles. The molecule has 2 atom stereocenters. The minimum atomic E-state index is -0.120. The fraction of sp³-hybridized carbons (Fsp3) is 0.600. The molecule has 0 aliphatic heterocycles. The van der Waals surface area contributed by atoms with Crippen LogP contribution >= 0.6 is 20.6 Å². The SMILES string of the molecule is C#SC[C@H](NP)C(C)=O. The van der Waals surface area contributed by atoms with Crippen LogP contribution in [-0.2, 0) is 4.79 Å². The molecule has 2 nitrogen and oxygen atoms in total. The topological polar surface area (TPSA) is 29.1 Å². The zero-order chi connectivity index (χ0) is 7.28. The minimum Gasteiger partial charge on any atom is -0.298 e. The molecule has 0 aliphatic rings. The van der Waals surface area contributed by atoms with Crippen molar-refractivity contribution in [2.24, 2.45) is 0 Å². The van der Waals surface area contributed by atoms with Gasteiger partial charge in [-0.2, -0.15) is 0 Å². The van der Waals surface area contributed by atoms with Crippen LogP contribution in [0.25, 0.3) is 0 Å². The number of ketones is 1. The molecule has 1 N–H and O–H groups in total. The van der Waals surface area contributed by atoms with Gasteiger partial charge in [-0.05, 0) is 6.92 Å². The number of carbonyl (C=O) groups is 1. The van der Waals surface area contributed by atoms with Gasteiger partial charge in [0, 0.05) is 5.75 Å². The first-order valence-corrected chi connectivity index (χ1v) is 4.13. The van der Waals surface area contributed by atoms with Crippen LogP contribution < -0.4 is 5.09 Å². The molecule has 9 heavy (non-hydrogen) atoms. The molecular formula is C5H10NOPS. The lowest BCUT2D eigenvalue weighted by Gasteiger charge is -2.06. The first-order chi connectivity index (χ1) is 4.22. The van der Waals surface area contributed by atoms with Gasteiger partial charge in [-0.1, -0.05) is 9.39 Å². The third-order valence-electron chi connectivity index (χ3n) is 0.955. The highest BCUT2D eigenvalue weighted by molar-refractivity contribution is 7.88. The van der Waals surface area contributed by atoms with Gasteiger partial charge in [0.05, 0.1) is 6.04 Å². The molecule has 1 unspecified atom stereocenters. The molecule has 0 saturated carbocycles. The highest BCUT2D eigenvalue weighted by Crippen LogP contribution is 1.93. The van der Waals surface area contributed by atoms with Gasteiger partial charge < -0.3 is 0 Å². The molecule has 0 aromatic rings. The Bertz CT molecular complexity index is 142. The van der Waals surface area contributed by atoms with Crippen molar-refractivity contribution in [3.05, 3.63) is 0 Å². The maximum Gasteiger partial charge on any atom is 0.148 e. The summed E-state index contributed by atoms with van der Waals surface area (Å²) < 4.78 is 0. The number of hydrogen-bond acceptors (Lipinski definition) is 2. The van der Waals surface area contributed by atoms with E-state index in [0.717, 1.165) is 0 Å². The predicted octanol–water partition coefficient (Wildman–Crippen LogP) is 0.646. The monoisotopic (exact) mass is 163 g/mol. The third kappa shape index (κ3) is 3.61. The lowest BCUT2D eigenvalue weighted by atomic mass is 10.3. The summed E-state index contributed by atoms with van der Waals surface area (Å²) in [4.78, 5) is 10.6. The molecule has 0 rings (SSSR count). The van der Waals surface area contributed by atoms with Crippen molar-refractivity contribution in [2.75, 3.05) is 5.75 Å². The van der Waals surface area contributed by atoms with E-state index >= 15 is 0 Å². The van der Waals surface area contributed by atoms with E-state index in [1.807, 2.05) is 0 Å². The molecule has 0 radical (unpaired) electrons. The van der Waals surface area contributed by atoms with E-state index in [1.165, 1.54) is 18.1 Å². The summed E-state index contributed by atoms with van der Waals surface area (Å²) >= 11 is 1.17. The minimum absolute atomic E-state index is 0.114. The highest BCUT2D eigenvalue weighted by atomic mass is 32.1. The Morgan fingerprint density at radius 3 is 2.67 bits per heavy atom. The van der Waals surface area contributed by atoms with Gasteiger partial charge >= 0.3 is 0 Å². The van der Waals surface area contributed by atoms with Crippen LogP contribution in [0.1, 0.15) is 6.92 Å². The van der Waals surface area contributed by atoms with Crippen molar-refractivity contribution in [3.63, 3.8) is 0 Å². The largest absolute Gasteiger partial charge is 0.298 e. The van der Waals surface area contributed by atoms with E-state index < -0.39 is 0 Å². The van der Waals surface area contributed by atoms with Gasteiger partial charge in [-0.25, -0.2) is 0 Å². The molecule has 4 heteroatoms. The maximum absolute atomic E-state index is 10.6. The summed E-state index contributed by atoms with van der Waals surface area (Å²) in [5, 5.41) is 2.77. The number of Topliss-reactive ketones (excluding diaryl/α,β-unsaturated/α-hetero) is 1. The third-order valence-corrected chi connectivity index (χ3v) is 1.88. The van der Waals surface area contributed by atoms with Crippen molar-refractivity contribution in [3.8, 4) is 5.69 Å². The molecule has 52 valence electrons. The first kappa shape index (κ1) is 9.06. The van der Waals surface area contributed by atoms with Crippen LogP contribution in [0, 0.1) is 5.69 Å². The number of carbonyl (C=O) groups excluding carboxylic acids is 1. The number of hydrogen-bond donors (Lipinski definition) is 1. The molecule has 0 spiro atoms. The summed E-state index contributed by atoms with van der Waals surface area (Å²) in [5.74, 6) is 0.738. The van der Waals surface area contributed by atoms with E-state index in [9.17, 15) is 4.79 Å². The first-order valence-electron chi connectivity index (χ1n) is 2.50. The standard InChI is InChI=1S/C5H10NOPS/c1-4(7)5(6-8)3-9-2/h2,5-6H,3,8H2,1H3/t5-/m0/s1. The summed E-state index contributed by atoms with van der Waals surface area (Å²) in [6.45, 7) is 1.54. The van der Waals surface area contributed by atoms with E-state index in [2.05, 4.69) is 14.5 Å². The summed E-state index contributed by atoms with van der Waals surface area (Å²) in [6, 6.07) is -0.120. The fourth-order valence-corrected chi connectivity index (χ4v) is 1.43. The summed E-state index contributed by atoms with van der Waals surface area (Å²) in [5.41, 5.74) is 5.16. The van der Waals surface area contributed by atoms with Gasteiger partial charge in [0.2, 0.25) is 0 Å². The lowest BCUT2D eigenvalue weighted by Crippen LogP contribution is -2.30. The zero-order valence-electron chi connectivity index (χ0n) is 5.26. The Hall–Kier alpha value is 0.0600. The number of nitrogens with one attached hydrogen (secondary N) is 1. The average Bonchev–Trinajstić information content (AvgIpc) is 1.82. The van der Waals surface area contributed by atoms with E-state index in [-0.39, 0.29) is 11.8 Å². The van der Waals surface area contributed by atoms with Crippen LogP contribution in [0.4, 0.5) is 0 Å². The van der Waals surface area contributed by atoms with E-state index in [4.69, 9.17) is 5.69 Å². The molecule has 0 heterocycles. The highest BCUT2D eigenvalue weighted by Gasteiger charge is 2.07. The maximum atomic E-state index is 10.6. The van der Waals surface area contributed by atoms with E-state index in [0.29, 0.717) is 5.75 Å². The molecule has 0 amide bonds. The quantitative estimate of drug-likeness (QED) is 0.619. The van der Waals surface area contributed by atoms with Crippen molar-refractivity contribution >= 4 is 26.3 Å². The Morgan fingerprint density at radius 2 is 2.56 bits per heavy atom. The Morgan fingerprint density at radius 1 is 2.00 bits per heavy atom. The molecule has 0 aromatic heterocycles. The second-order valence-electron chi connectivity index (χ2n) is 1.66. The van der Waals surface area contributed by atoms with Crippen LogP contribution in [0.3, 0.4) is 0 Å². The molecule has 0 saturated heterocycles. The zero-order valence-corrected chi connectivity index (χ0v) is 7.23. The van der Waals surface area contributed by atoms with Crippen LogP contribution in [0.15, 0.2) is 0 Å². The molecule has 0 bridgehead atoms. The van der Waals surface area contributed by atoms with Gasteiger partial charge in [-0.15, -0.1) is 16.9 Å². The normalized spacial score (nSPS) is 12.6. The Balaban J connectivity index is 3.71. The van der Waals surface area contributed by atoms with Crippen molar-refractivity contribution in [2.45, 2.75) is 13.0 Å². The number of rotatable bonds is 3. The summed E-state index contributed by atoms with van der Waals surface area (Å²) in [7, 11) is 2.30. The van der Waals surface area contributed by atoms with Gasteiger partial charge in [0.1, 0.15) is 5.78 Å². The smallest absolute Gasteiger partial charge is 0.148 e. The summed E-state index contributed by atoms with van der Waals surface area (Å²) in [6.07, 6.45) is 0. The average molecular weight is 163 g/mol. The van der Waals surface area contributed by atoms with Crippen molar-refractivity contribution in [1.82, 2.24) is 5.09 Å². The van der Waals surface area contributed by atoms with Crippen LogP contribution in [-0.4, -0.2) is 17.6 Å². The van der Waals surface area contributed by atoms with Gasteiger partial charge in [-0.3, -0.25) is 9.88 Å². The van der Waals surface area contributed by atoms with Crippen LogP contribution in [0.5, 0.6) is 0 Å². The predicted molar refractivity (Wildman–Crippen MR) is 44.7 cm³/mol. The van der Waals surface area contributed by atoms with E-state index in [1.54, 1.807) is 0 Å². The second-order valence-corrected chi connectivity index (χ2v) is 2.66. The molecular weight excluding hydrogens is 153 g/mol. The van der Waals surface area contributed by atoms with Crippen LogP contribution in [0.2, 0.25) is 0 Å². The molecule has 0 fully saturated rings. The molecule has 0 aliphatic carbocycles. The lowest BCUT2D eigenvalue weighted by molar-refractivity contribution is -0.118. The van der Waals surface area contributed by atoms with Crippen molar-refractivity contribution in [1.29, 1.82) is 0 Å². The van der Waals surface area contributed by atoms with Gasteiger partial charge in [0.15, 0.2) is 0 Å². The Kier molecular flexibility index (Phi) is 4.93. The fourth-order valence-electron chi connectivity index (χ4n) is 0.379. The Labute approximate surface area is 61.3 Å². The van der Waals surface area contributed by atoms with Crippen molar-refractivity contribution < 1.29 is 4.79 Å². The second kappa shape index (κ2) is 4.89. The van der Waals surface area contributed by atoms with Gasteiger partial charge in [0.25, 0.3) is 0 Å².